The summed E-state index contributed by atoms with van der Waals surface area (Å²) in [4.78, 5) is 37.4. The molecule has 0 bridgehead atoms. The van der Waals surface area contributed by atoms with E-state index in [4.69, 9.17) is 4.98 Å². The van der Waals surface area contributed by atoms with Crippen LogP contribution >= 0.6 is 0 Å². The lowest BCUT2D eigenvalue weighted by Gasteiger charge is -2.33. The third-order valence-electron chi connectivity index (χ3n) is 5.87. The van der Waals surface area contributed by atoms with E-state index in [1.807, 2.05) is 24.3 Å². The van der Waals surface area contributed by atoms with Crippen LogP contribution in [0.5, 0.6) is 0 Å². The first-order valence-electron chi connectivity index (χ1n) is 10.9. The Kier molecular flexibility index (Phi) is 6.72. The quantitative estimate of drug-likeness (QED) is 0.558. The van der Waals surface area contributed by atoms with Crippen LogP contribution < -0.4 is 10.6 Å². The first-order chi connectivity index (χ1) is 15.6. The van der Waals surface area contributed by atoms with Gasteiger partial charge in [0.25, 0.3) is 5.91 Å². The van der Waals surface area contributed by atoms with Gasteiger partial charge in [0.2, 0.25) is 6.41 Å². The summed E-state index contributed by atoms with van der Waals surface area (Å²) in [5, 5.41) is 6.34. The Bertz CT molecular complexity index is 1120. The largest absolute Gasteiger partial charge is 0.327 e. The second-order valence-electron chi connectivity index (χ2n) is 7.99. The maximum absolute atomic E-state index is 12.8. The molecule has 1 aliphatic rings. The minimum absolute atomic E-state index is 0.238. The number of nitrogens with zero attached hydrogens (tertiary/aromatic N) is 4. The third kappa shape index (κ3) is 5.09. The van der Waals surface area contributed by atoms with E-state index in [0.717, 1.165) is 55.9 Å². The number of likely N-dealkylation sites (N-methyl/N-ethyl adjacent to an activating group) is 1. The maximum atomic E-state index is 12.8. The molecule has 2 amide bonds. The third-order valence-corrected chi connectivity index (χ3v) is 5.87. The Balaban J connectivity index is 1.46. The summed E-state index contributed by atoms with van der Waals surface area (Å²) in [7, 11) is 0. The minimum atomic E-state index is -0.238. The summed E-state index contributed by atoms with van der Waals surface area (Å²) < 4.78 is 0. The molecule has 1 aliphatic heterocycles. The zero-order valence-corrected chi connectivity index (χ0v) is 18.5. The Hall–Kier alpha value is -3.36. The zero-order valence-electron chi connectivity index (χ0n) is 18.5. The molecule has 166 valence electrons. The van der Waals surface area contributed by atoms with Crippen LogP contribution in [0.1, 0.15) is 28.7 Å². The highest BCUT2D eigenvalue weighted by atomic mass is 16.1. The highest BCUT2D eigenvalue weighted by molar-refractivity contribution is 6.06. The normalized spacial score (nSPS) is 14.9. The molecule has 0 unspecified atom stereocenters. The lowest BCUT2D eigenvalue weighted by molar-refractivity contribution is -0.105. The number of fused-ring (bicyclic) bond motifs is 1. The number of benzene rings is 1. The van der Waals surface area contributed by atoms with Crippen molar-refractivity contribution >= 4 is 34.6 Å². The monoisotopic (exact) mass is 432 g/mol. The molecule has 32 heavy (non-hydrogen) atoms. The van der Waals surface area contributed by atoms with Crippen molar-refractivity contribution in [2.45, 2.75) is 20.4 Å². The molecule has 1 saturated heterocycles. The number of hydrogen-bond acceptors (Lipinski definition) is 6. The van der Waals surface area contributed by atoms with Gasteiger partial charge < -0.3 is 15.5 Å². The number of nitrogens with one attached hydrogen (secondary N) is 2. The van der Waals surface area contributed by atoms with Gasteiger partial charge in [-0.25, -0.2) is 0 Å². The fraction of sp³-hybridized carbons (Fsp3) is 0.333. The Morgan fingerprint density at radius 3 is 2.62 bits per heavy atom. The Labute approximate surface area is 187 Å². The van der Waals surface area contributed by atoms with Crippen LogP contribution in [0.4, 0.5) is 11.4 Å². The van der Waals surface area contributed by atoms with Crippen molar-refractivity contribution in [3.63, 3.8) is 0 Å². The molecule has 3 aromatic rings. The number of aryl methyl sites for hydroxylation is 1. The van der Waals surface area contributed by atoms with E-state index < -0.39 is 0 Å². The van der Waals surface area contributed by atoms with Gasteiger partial charge in [0.1, 0.15) is 0 Å². The average molecular weight is 433 g/mol. The van der Waals surface area contributed by atoms with Gasteiger partial charge in [-0.1, -0.05) is 13.0 Å². The van der Waals surface area contributed by atoms with Crippen LogP contribution in [0, 0.1) is 6.92 Å². The predicted molar refractivity (Wildman–Crippen MR) is 126 cm³/mol. The molecule has 0 atom stereocenters. The van der Waals surface area contributed by atoms with Gasteiger partial charge in [0.15, 0.2) is 0 Å². The fourth-order valence-electron chi connectivity index (χ4n) is 3.89. The number of anilines is 2. The molecule has 0 spiro atoms. The maximum Gasteiger partial charge on any atom is 0.255 e. The summed E-state index contributed by atoms with van der Waals surface area (Å²) in [6.45, 7) is 10.3. The number of amides is 2. The molecule has 1 fully saturated rings. The lowest BCUT2D eigenvalue weighted by Crippen LogP contribution is -2.45. The molecule has 0 radical (unpaired) electrons. The molecule has 8 nitrogen and oxygen atoms in total. The molecule has 3 heterocycles. The van der Waals surface area contributed by atoms with Crippen LogP contribution in [0.15, 0.2) is 42.6 Å². The van der Waals surface area contributed by atoms with Crippen molar-refractivity contribution in [3.05, 3.63) is 59.5 Å². The molecule has 4 rings (SSSR count). The number of hydrogen-bond donors (Lipinski definition) is 2. The highest BCUT2D eigenvalue weighted by Crippen LogP contribution is 2.20. The topological polar surface area (TPSA) is 90.5 Å². The summed E-state index contributed by atoms with van der Waals surface area (Å²) in [5.41, 5.74) is 4.20. The molecule has 2 N–H and O–H groups in total. The van der Waals surface area contributed by atoms with Gasteiger partial charge in [0.05, 0.1) is 34.5 Å². The van der Waals surface area contributed by atoms with E-state index >= 15 is 0 Å². The summed E-state index contributed by atoms with van der Waals surface area (Å²) in [6, 6.07) is 11.3. The first kappa shape index (κ1) is 21.9. The molecule has 0 saturated carbocycles. The van der Waals surface area contributed by atoms with E-state index in [9.17, 15) is 9.59 Å². The lowest BCUT2D eigenvalue weighted by atomic mass is 10.1. The van der Waals surface area contributed by atoms with Gasteiger partial charge >= 0.3 is 0 Å². The van der Waals surface area contributed by atoms with Gasteiger partial charge in [-0.3, -0.25) is 24.5 Å². The van der Waals surface area contributed by atoms with E-state index in [0.29, 0.717) is 29.0 Å². The molecular weight excluding hydrogens is 404 g/mol. The minimum Gasteiger partial charge on any atom is -0.327 e. The second-order valence-corrected chi connectivity index (χ2v) is 7.99. The standard InChI is InChI=1S/C24H28N6O2/c1-3-29-8-10-30(11-9-29)15-20-6-4-18-12-19(5-7-22(18)27-20)24(32)28-23-13-21(26-16-31)14-25-17(23)2/h4-7,12-14,16H,3,8-11,15H2,1-2H3,(H,26,31)(H,28,32). The van der Waals surface area contributed by atoms with E-state index in [2.05, 4.69) is 32.3 Å². The number of piperazine rings is 1. The van der Waals surface area contributed by atoms with Crippen molar-refractivity contribution in [1.29, 1.82) is 0 Å². The van der Waals surface area contributed by atoms with E-state index in [1.54, 1.807) is 25.3 Å². The van der Waals surface area contributed by atoms with Crippen molar-refractivity contribution in [2.24, 2.45) is 0 Å². The van der Waals surface area contributed by atoms with Crippen LogP contribution in [-0.2, 0) is 11.3 Å². The molecular formula is C24H28N6O2. The number of carbonyl (C=O) groups excluding carboxylic acids is 2. The number of rotatable bonds is 7. The van der Waals surface area contributed by atoms with Gasteiger partial charge in [-0.15, -0.1) is 0 Å². The summed E-state index contributed by atoms with van der Waals surface area (Å²) in [6.07, 6.45) is 2.12. The smallest absolute Gasteiger partial charge is 0.255 e. The van der Waals surface area contributed by atoms with Crippen LogP contribution in [0.25, 0.3) is 10.9 Å². The summed E-state index contributed by atoms with van der Waals surface area (Å²) in [5.74, 6) is -0.238. The van der Waals surface area contributed by atoms with Crippen molar-refractivity contribution < 1.29 is 9.59 Å². The van der Waals surface area contributed by atoms with E-state index in [-0.39, 0.29) is 5.91 Å². The Morgan fingerprint density at radius 1 is 1.09 bits per heavy atom. The van der Waals surface area contributed by atoms with Crippen molar-refractivity contribution in [2.75, 3.05) is 43.4 Å². The molecule has 1 aromatic carbocycles. The SMILES string of the molecule is CCN1CCN(Cc2ccc3cc(C(=O)Nc4cc(NC=O)cnc4C)ccc3n2)CC1. The Morgan fingerprint density at radius 2 is 1.88 bits per heavy atom. The second kappa shape index (κ2) is 9.84. The van der Waals surface area contributed by atoms with Crippen LogP contribution in [-0.4, -0.2) is 64.8 Å². The summed E-state index contributed by atoms with van der Waals surface area (Å²) >= 11 is 0. The number of aromatic nitrogens is 2. The van der Waals surface area contributed by atoms with E-state index in [1.165, 1.54) is 0 Å². The molecule has 2 aromatic heterocycles. The van der Waals surface area contributed by atoms with Crippen molar-refractivity contribution in [3.8, 4) is 0 Å². The van der Waals surface area contributed by atoms with Gasteiger partial charge in [0, 0.05) is 43.7 Å². The van der Waals surface area contributed by atoms with Crippen molar-refractivity contribution in [1.82, 2.24) is 19.8 Å². The average Bonchev–Trinajstić information content (AvgIpc) is 2.81. The predicted octanol–water partition coefficient (Wildman–Crippen LogP) is 2.90. The molecule has 8 heteroatoms. The number of pyridine rings is 2. The first-order valence-corrected chi connectivity index (χ1v) is 10.9. The fourth-order valence-corrected chi connectivity index (χ4v) is 3.89. The van der Waals surface area contributed by atoms with Gasteiger partial charge in [-0.2, -0.15) is 0 Å². The highest BCUT2D eigenvalue weighted by Gasteiger charge is 2.16. The zero-order chi connectivity index (χ0) is 22.5. The van der Waals surface area contributed by atoms with Gasteiger partial charge in [-0.05, 0) is 43.8 Å². The van der Waals surface area contributed by atoms with Crippen LogP contribution in [0.3, 0.4) is 0 Å². The number of carbonyl (C=O) groups is 2. The van der Waals surface area contributed by atoms with Crippen LogP contribution in [0.2, 0.25) is 0 Å². The molecule has 0 aliphatic carbocycles.